The molecule has 3 rings (SSSR count). The first-order valence-electron chi connectivity index (χ1n) is 8.84. The molecule has 0 saturated carbocycles. The van der Waals surface area contributed by atoms with Crippen molar-refractivity contribution in [3.8, 4) is 0 Å². The number of amides is 1. The Bertz CT molecular complexity index is 774. The van der Waals surface area contributed by atoms with Crippen molar-refractivity contribution in [3.05, 3.63) is 54.0 Å². The zero-order chi connectivity index (χ0) is 19.4. The maximum Gasteiger partial charge on any atom is 0.433 e. The molecule has 0 radical (unpaired) electrons. The van der Waals surface area contributed by atoms with Crippen molar-refractivity contribution < 1.29 is 18.0 Å². The Morgan fingerprint density at radius 2 is 1.85 bits per heavy atom. The van der Waals surface area contributed by atoms with Crippen LogP contribution in [0, 0.1) is 5.92 Å². The van der Waals surface area contributed by atoms with E-state index in [-0.39, 0.29) is 23.7 Å². The molecule has 1 N–H and O–H groups in total. The third-order valence-corrected chi connectivity index (χ3v) is 4.79. The number of aromatic nitrogens is 2. The molecule has 1 amide bonds. The fourth-order valence-electron chi connectivity index (χ4n) is 3.20. The van der Waals surface area contributed by atoms with Gasteiger partial charge in [-0.15, -0.1) is 0 Å². The van der Waals surface area contributed by atoms with E-state index in [2.05, 4.69) is 15.3 Å². The van der Waals surface area contributed by atoms with E-state index < -0.39 is 11.9 Å². The maximum absolute atomic E-state index is 12.8. The van der Waals surface area contributed by atoms with Gasteiger partial charge in [-0.05, 0) is 25.3 Å². The van der Waals surface area contributed by atoms with Crippen molar-refractivity contribution in [2.45, 2.75) is 32.0 Å². The molecule has 1 atom stereocenters. The normalized spacial score (nSPS) is 16.8. The Kier molecular flexibility index (Phi) is 5.62. The summed E-state index contributed by atoms with van der Waals surface area (Å²) in [7, 11) is 0. The fraction of sp³-hybridized carbons (Fsp3) is 0.421. The number of rotatable bonds is 4. The lowest BCUT2D eigenvalue weighted by molar-refractivity contribution is -0.141. The number of nitrogens with zero attached hydrogens (tertiary/aromatic N) is 3. The van der Waals surface area contributed by atoms with Gasteiger partial charge in [0.2, 0.25) is 5.91 Å². The highest BCUT2D eigenvalue weighted by molar-refractivity contribution is 5.79. The number of nitrogens with one attached hydrogen (secondary N) is 1. The van der Waals surface area contributed by atoms with E-state index in [9.17, 15) is 18.0 Å². The quantitative estimate of drug-likeness (QED) is 0.883. The van der Waals surface area contributed by atoms with Crippen LogP contribution in [-0.2, 0) is 11.0 Å². The number of halogens is 3. The first-order chi connectivity index (χ1) is 12.8. The van der Waals surface area contributed by atoms with Crippen LogP contribution < -0.4 is 10.2 Å². The van der Waals surface area contributed by atoms with E-state index >= 15 is 0 Å². The van der Waals surface area contributed by atoms with Gasteiger partial charge in [0, 0.05) is 25.1 Å². The predicted molar refractivity (Wildman–Crippen MR) is 95.0 cm³/mol. The minimum absolute atomic E-state index is 0.0235. The molecule has 2 heterocycles. The first kappa shape index (κ1) is 19.1. The van der Waals surface area contributed by atoms with Crippen LogP contribution in [0.3, 0.4) is 0 Å². The summed E-state index contributed by atoms with van der Waals surface area (Å²) < 4.78 is 38.4. The van der Waals surface area contributed by atoms with Crippen molar-refractivity contribution in [3.63, 3.8) is 0 Å². The standard InChI is InChI=1S/C19H21F3N4O/c1-13(14-5-3-2-4-6-14)25-18(27)15-7-9-26(10-8-15)17-11-16(19(20,21)22)23-12-24-17/h2-6,11-13,15H,7-10H2,1H3,(H,25,27)/t13-/m1/s1. The van der Waals surface area contributed by atoms with Gasteiger partial charge in [0.15, 0.2) is 0 Å². The molecule has 27 heavy (non-hydrogen) atoms. The molecule has 1 aliphatic rings. The van der Waals surface area contributed by atoms with Crippen molar-refractivity contribution >= 4 is 11.7 Å². The van der Waals surface area contributed by atoms with E-state index in [0.29, 0.717) is 25.9 Å². The molecule has 2 aromatic rings. The van der Waals surface area contributed by atoms with Crippen LogP contribution in [0.1, 0.15) is 37.1 Å². The van der Waals surface area contributed by atoms with Crippen LogP contribution in [0.4, 0.5) is 19.0 Å². The highest BCUT2D eigenvalue weighted by atomic mass is 19.4. The second kappa shape index (κ2) is 7.94. The molecule has 144 valence electrons. The summed E-state index contributed by atoms with van der Waals surface area (Å²) in [6, 6.07) is 10.6. The van der Waals surface area contributed by atoms with Gasteiger partial charge in [-0.25, -0.2) is 9.97 Å². The lowest BCUT2D eigenvalue weighted by Gasteiger charge is -2.32. The number of hydrogen-bond acceptors (Lipinski definition) is 4. The highest BCUT2D eigenvalue weighted by Crippen LogP contribution is 2.30. The minimum atomic E-state index is -4.50. The summed E-state index contributed by atoms with van der Waals surface area (Å²) in [5, 5.41) is 3.02. The summed E-state index contributed by atoms with van der Waals surface area (Å²) in [6.07, 6.45) is -2.43. The molecule has 1 aliphatic heterocycles. The Balaban J connectivity index is 1.56. The molecule has 0 bridgehead atoms. The maximum atomic E-state index is 12.8. The molecular weight excluding hydrogens is 357 g/mol. The molecule has 1 fully saturated rings. The highest BCUT2D eigenvalue weighted by Gasteiger charge is 2.34. The van der Waals surface area contributed by atoms with Gasteiger partial charge in [0.05, 0.1) is 6.04 Å². The average Bonchev–Trinajstić information content (AvgIpc) is 2.68. The number of alkyl halides is 3. The van der Waals surface area contributed by atoms with Gasteiger partial charge in [-0.3, -0.25) is 4.79 Å². The lowest BCUT2D eigenvalue weighted by atomic mass is 9.95. The summed E-state index contributed by atoms with van der Waals surface area (Å²) in [4.78, 5) is 21.5. The summed E-state index contributed by atoms with van der Waals surface area (Å²) >= 11 is 0. The van der Waals surface area contributed by atoms with E-state index in [4.69, 9.17) is 0 Å². The lowest BCUT2D eigenvalue weighted by Crippen LogP contribution is -2.41. The van der Waals surface area contributed by atoms with Crippen LogP contribution in [0.15, 0.2) is 42.7 Å². The topological polar surface area (TPSA) is 58.1 Å². The SMILES string of the molecule is C[C@@H](NC(=O)C1CCN(c2cc(C(F)(F)F)ncn2)CC1)c1ccccc1. The van der Waals surface area contributed by atoms with Crippen molar-refractivity contribution in [2.75, 3.05) is 18.0 Å². The van der Waals surface area contributed by atoms with Crippen molar-refractivity contribution in [1.29, 1.82) is 0 Å². The number of piperidine rings is 1. The Morgan fingerprint density at radius 1 is 1.19 bits per heavy atom. The third-order valence-electron chi connectivity index (χ3n) is 4.79. The molecule has 1 aromatic carbocycles. The van der Waals surface area contributed by atoms with Crippen LogP contribution in [0.5, 0.6) is 0 Å². The summed E-state index contributed by atoms with van der Waals surface area (Å²) in [5.74, 6) is 0.0647. The molecule has 1 aromatic heterocycles. The number of hydrogen-bond donors (Lipinski definition) is 1. The Hall–Kier alpha value is -2.64. The van der Waals surface area contributed by atoms with Crippen molar-refractivity contribution in [2.24, 2.45) is 5.92 Å². The monoisotopic (exact) mass is 378 g/mol. The zero-order valence-corrected chi connectivity index (χ0v) is 14.9. The molecule has 0 aliphatic carbocycles. The Morgan fingerprint density at radius 3 is 2.48 bits per heavy atom. The number of carbonyl (C=O) groups is 1. The van der Waals surface area contributed by atoms with Crippen LogP contribution in [-0.4, -0.2) is 29.0 Å². The smallest absolute Gasteiger partial charge is 0.356 e. The summed E-state index contributed by atoms with van der Waals surface area (Å²) in [5.41, 5.74) is 0.0769. The molecular formula is C19H21F3N4O. The minimum Gasteiger partial charge on any atom is -0.356 e. The molecule has 5 nitrogen and oxygen atoms in total. The third kappa shape index (κ3) is 4.75. The van der Waals surface area contributed by atoms with E-state index in [0.717, 1.165) is 18.0 Å². The van der Waals surface area contributed by atoms with E-state index in [1.54, 1.807) is 4.90 Å². The van der Waals surface area contributed by atoms with Crippen LogP contribution in [0.25, 0.3) is 0 Å². The van der Waals surface area contributed by atoms with Crippen LogP contribution >= 0.6 is 0 Å². The number of carbonyl (C=O) groups excluding carboxylic acids is 1. The molecule has 1 saturated heterocycles. The molecule has 8 heteroatoms. The zero-order valence-electron chi connectivity index (χ0n) is 14.9. The van der Waals surface area contributed by atoms with Crippen molar-refractivity contribution in [1.82, 2.24) is 15.3 Å². The van der Waals surface area contributed by atoms with Gasteiger partial charge in [0.25, 0.3) is 0 Å². The van der Waals surface area contributed by atoms with Gasteiger partial charge < -0.3 is 10.2 Å². The van der Waals surface area contributed by atoms with E-state index in [1.165, 1.54) is 0 Å². The summed E-state index contributed by atoms with van der Waals surface area (Å²) in [6.45, 7) is 2.89. The van der Waals surface area contributed by atoms with Gasteiger partial charge in [-0.2, -0.15) is 13.2 Å². The second-order valence-electron chi connectivity index (χ2n) is 6.66. The molecule has 0 spiro atoms. The Labute approximate surface area is 155 Å². The number of benzene rings is 1. The second-order valence-corrected chi connectivity index (χ2v) is 6.66. The van der Waals surface area contributed by atoms with Crippen LogP contribution in [0.2, 0.25) is 0 Å². The van der Waals surface area contributed by atoms with Gasteiger partial charge >= 0.3 is 6.18 Å². The van der Waals surface area contributed by atoms with Gasteiger partial charge in [-0.1, -0.05) is 30.3 Å². The fourth-order valence-corrected chi connectivity index (χ4v) is 3.20. The predicted octanol–water partition coefficient (Wildman–Crippen LogP) is 3.59. The van der Waals surface area contributed by atoms with E-state index in [1.807, 2.05) is 37.3 Å². The molecule has 0 unspecified atom stereocenters. The average molecular weight is 378 g/mol. The first-order valence-corrected chi connectivity index (χ1v) is 8.84. The van der Waals surface area contributed by atoms with Gasteiger partial charge in [0.1, 0.15) is 17.8 Å². The number of anilines is 1. The largest absolute Gasteiger partial charge is 0.433 e.